The van der Waals surface area contributed by atoms with Crippen molar-refractivity contribution in [2.75, 3.05) is 19.3 Å². The number of nitrogens with two attached hydrogens (primary N) is 2. The summed E-state index contributed by atoms with van der Waals surface area (Å²) in [5, 5.41) is 5.71. The van der Waals surface area contributed by atoms with Gasteiger partial charge in [-0.2, -0.15) is 0 Å². The number of amides is 1. The Labute approximate surface area is 146 Å². The van der Waals surface area contributed by atoms with Crippen LogP contribution in [0.2, 0.25) is 0 Å². The van der Waals surface area contributed by atoms with Crippen LogP contribution >= 0.6 is 0 Å². The van der Waals surface area contributed by atoms with Gasteiger partial charge in [-0.05, 0) is 12.6 Å². The predicted octanol–water partition coefficient (Wildman–Crippen LogP) is 0.620. The molecule has 2 rings (SSSR count). The minimum atomic E-state index is -0.501. The normalized spacial score (nSPS) is 12.9. The molecule has 6 N–H and O–H groups in total. The predicted molar refractivity (Wildman–Crippen MR) is 97.8 cm³/mol. The number of anilines is 1. The number of carbonyl (C=O) groups is 1. The van der Waals surface area contributed by atoms with Crippen molar-refractivity contribution in [2.24, 2.45) is 10.7 Å². The number of carbonyl (C=O) groups excluding carboxylic acids is 1. The number of likely N-dealkylation sites (N-methyl/N-ethyl adjacent to an activating group) is 1. The summed E-state index contributed by atoms with van der Waals surface area (Å²) in [6, 6.07) is 9.71. The van der Waals surface area contributed by atoms with E-state index in [1.54, 1.807) is 0 Å². The van der Waals surface area contributed by atoms with E-state index in [1.807, 2.05) is 37.4 Å². The third-order valence-electron chi connectivity index (χ3n) is 3.35. The SMILES string of the molecule is CNCC(N=CC(=CN)NC(=O)c1nccnc1N)c1ccccc1. The summed E-state index contributed by atoms with van der Waals surface area (Å²) in [6.45, 7) is 0.642. The Bertz CT molecular complexity index is 759. The topological polar surface area (TPSA) is 131 Å². The van der Waals surface area contributed by atoms with Gasteiger partial charge in [-0.3, -0.25) is 9.79 Å². The van der Waals surface area contributed by atoms with Gasteiger partial charge in [-0.15, -0.1) is 0 Å². The Balaban J connectivity index is 2.11. The van der Waals surface area contributed by atoms with Crippen LogP contribution in [-0.2, 0) is 0 Å². The molecule has 1 amide bonds. The molecule has 1 unspecified atom stereocenters. The highest BCUT2D eigenvalue weighted by atomic mass is 16.1. The van der Waals surface area contributed by atoms with Gasteiger partial charge in [-0.25, -0.2) is 9.97 Å². The molecule has 0 aliphatic heterocycles. The number of hydrogen-bond donors (Lipinski definition) is 4. The molecule has 130 valence electrons. The molecule has 1 aromatic heterocycles. The van der Waals surface area contributed by atoms with E-state index in [2.05, 4.69) is 25.6 Å². The molecule has 2 aromatic rings. The van der Waals surface area contributed by atoms with Crippen LogP contribution in [0.4, 0.5) is 5.82 Å². The van der Waals surface area contributed by atoms with Gasteiger partial charge in [0.05, 0.1) is 11.7 Å². The minimum Gasteiger partial charge on any atom is -0.403 e. The monoisotopic (exact) mass is 339 g/mol. The largest absolute Gasteiger partial charge is 0.403 e. The fourth-order valence-electron chi connectivity index (χ4n) is 2.13. The molecule has 1 atom stereocenters. The lowest BCUT2D eigenvalue weighted by Gasteiger charge is -2.13. The third-order valence-corrected chi connectivity index (χ3v) is 3.35. The maximum atomic E-state index is 12.2. The molecule has 0 saturated heterocycles. The highest BCUT2D eigenvalue weighted by Gasteiger charge is 2.13. The fourth-order valence-corrected chi connectivity index (χ4v) is 2.13. The smallest absolute Gasteiger partial charge is 0.278 e. The molecule has 0 aliphatic carbocycles. The molecule has 0 aliphatic rings. The summed E-state index contributed by atoms with van der Waals surface area (Å²) in [4.78, 5) is 24.5. The van der Waals surface area contributed by atoms with Gasteiger partial charge in [0.15, 0.2) is 11.5 Å². The summed E-state index contributed by atoms with van der Waals surface area (Å²) in [5.41, 5.74) is 12.7. The summed E-state index contributed by atoms with van der Waals surface area (Å²) < 4.78 is 0. The van der Waals surface area contributed by atoms with E-state index < -0.39 is 5.91 Å². The van der Waals surface area contributed by atoms with Crippen LogP contribution in [0.15, 0.2) is 59.6 Å². The first-order chi connectivity index (χ1) is 12.2. The van der Waals surface area contributed by atoms with Crippen molar-refractivity contribution in [3.63, 3.8) is 0 Å². The van der Waals surface area contributed by atoms with Gasteiger partial charge in [0.25, 0.3) is 5.91 Å². The number of nitrogen functional groups attached to an aromatic ring is 1. The molecule has 0 radical (unpaired) electrons. The molecule has 0 bridgehead atoms. The van der Waals surface area contributed by atoms with E-state index in [-0.39, 0.29) is 17.6 Å². The van der Waals surface area contributed by atoms with E-state index in [0.717, 1.165) is 5.56 Å². The minimum absolute atomic E-state index is 0.0325. The lowest BCUT2D eigenvalue weighted by atomic mass is 10.1. The molecule has 8 heteroatoms. The van der Waals surface area contributed by atoms with Crippen molar-refractivity contribution in [1.82, 2.24) is 20.6 Å². The number of aliphatic imine (C=N–C) groups is 1. The number of rotatable bonds is 7. The number of allylic oxidation sites excluding steroid dienone is 1. The number of nitrogens with one attached hydrogen (secondary N) is 2. The lowest BCUT2D eigenvalue weighted by molar-refractivity contribution is 0.0963. The van der Waals surface area contributed by atoms with Crippen molar-refractivity contribution in [2.45, 2.75) is 6.04 Å². The molecule has 25 heavy (non-hydrogen) atoms. The molecule has 0 fully saturated rings. The number of aromatic nitrogens is 2. The number of hydrogen-bond acceptors (Lipinski definition) is 7. The van der Waals surface area contributed by atoms with Gasteiger partial charge < -0.3 is 22.1 Å². The lowest BCUT2D eigenvalue weighted by Crippen LogP contribution is -2.27. The van der Waals surface area contributed by atoms with Crippen LogP contribution < -0.4 is 22.1 Å². The summed E-state index contributed by atoms with van der Waals surface area (Å²) >= 11 is 0. The highest BCUT2D eigenvalue weighted by molar-refractivity contribution is 6.00. The van der Waals surface area contributed by atoms with E-state index >= 15 is 0 Å². The summed E-state index contributed by atoms with van der Waals surface area (Å²) in [7, 11) is 1.85. The zero-order valence-electron chi connectivity index (χ0n) is 13.9. The van der Waals surface area contributed by atoms with Crippen molar-refractivity contribution < 1.29 is 4.79 Å². The maximum Gasteiger partial charge on any atom is 0.278 e. The summed E-state index contributed by atoms with van der Waals surface area (Å²) in [5.74, 6) is -0.454. The second-order valence-electron chi connectivity index (χ2n) is 5.13. The Morgan fingerprint density at radius 2 is 2.00 bits per heavy atom. The number of benzene rings is 1. The standard InChI is InChI=1S/C17H21N7O/c1-20-11-14(12-5-3-2-4-6-12)23-10-13(9-18)24-17(25)15-16(19)22-8-7-21-15/h2-10,14,20H,11,18H2,1H3,(H2,19,22)(H,24,25). The van der Waals surface area contributed by atoms with E-state index in [4.69, 9.17) is 11.5 Å². The zero-order chi connectivity index (χ0) is 18.1. The Kier molecular flexibility index (Phi) is 6.61. The van der Waals surface area contributed by atoms with Gasteiger partial charge in [0, 0.05) is 31.4 Å². The molecule has 8 nitrogen and oxygen atoms in total. The van der Waals surface area contributed by atoms with Crippen LogP contribution in [-0.4, -0.2) is 35.7 Å². The first-order valence-electron chi connectivity index (χ1n) is 7.68. The third kappa shape index (κ3) is 5.11. The Morgan fingerprint density at radius 1 is 1.28 bits per heavy atom. The summed E-state index contributed by atoms with van der Waals surface area (Å²) in [6.07, 6.45) is 5.58. The van der Waals surface area contributed by atoms with E-state index in [9.17, 15) is 4.79 Å². The van der Waals surface area contributed by atoms with Crippen molar-refractivity contribution in [1.29, 1.82) is 0 Å². The van der Waals surface area contributed by atoms with Gasteiger partial charge in [-0.1, -0.05) is 30.3 Å². The molecule has 1 heterocycles. The Hall–Kier alpha value is -3.26. The first-order valence-corrected chi connectivity index (χ1v) is 7.68. The van der Waals surface area contributed by atoms with E-state index in [1.165, 1.54) is 24.8 Å². The second kappa shape index (κ2) is 9.14. The first kappa shape index (κ1) is 18.1. The molecular formula is C17H21N7O. The van der Waals surface area contributed by atoms with Crippen LogP contribution in [0.3, 0.4) is 0 Å². The maximum absolute atomic E-state index is 12.2. The van der Waals surface area contributed by atoms with Gasteiger partial charge in [0.2, 0.25) is 0 Å². The quantitative estimate of drug-likeness (QED) is 0.547. The molecule has 0 saturated carbocycles. The van der Waals surface area contributed by atoms with Crippen LogP contribution in [0.5, 0.6) is 0 Å². The van der Waals surface area contributed by atoms with Crippen LogP contribution in [0, 0.1) is 0 Å². The average Bonchev–Trinajstić information content (AvgIpc) is 2.64. The van der Waals surface area contributed by atoms with Crippen molar-refractivity contribution >= 4 is 17.9 Å². The fraction of sp³-hybridized carbons (Fsp3) is 0.176. The molecular weight excluding hydrogens is 318 g/mol. The van der Waals surface area contributed by atoms with Crippen LogP contribution in [0.25, 0.3) is 0 Å². The van der Waals surface area contributed by atoms with Crippen molar-refractivity contribution in [3.8, 4) is 0 Å². The van der Waals surface area contributed by atoms with Gasteiger partial charge in [0.1, 0.15) is 0 Å². The van der Waals surface area contributed by atoms with Crippen molar-refractivity contribution in [3.05, 3.63) is 65.9 Å². The highest BCUT2D eigenvalue weighted by Crippen LogP contribution is 2.15. The zero-order valence-corrected chi connectivity index (χ0v) is 13.9. The van der Waals surface area contributed by atoms with E-state index in [0.29, 0.717) is 12.2 Å². The average molecular weight is 339 g/mol. The van der Waals surface area contributed by atoms with Gasteiger partial charge >= 0.3 is 0 Å². The van der Waals surface area contributed by atoms with Crippen LogP contribution in [0.1, 0.15) is 22.1 Å². The second-order valence-corrected chi connectivity index (χ2v) is 5.13. The molecule has 1 aromatic carbocycles. The number of nitrogens with zero attached hydrogens (tertiary/aromatic N) is 3. The molecule has 0 spiro atoms. The Morgan fingerprint density at radius 3 is 2.64 bits per heavy atom.